The second-order valence-corrected chi connectivity index (χ2v) is 15.4. The molecule has 0 aromatic carbocycles. The first kappa shape index (κ1) is 48.0. The fourth-order valence-electron chi connectivity index (χ4n) is 5.84. The maximum absolute atomic E-state index is 12.9. The summed E-state index contributed by atoms with van der Waals surface area (Å²) in [5.41, 5.74) is 0. The summed E-state index contributed by atoms with van der Waals surface area (Å²) in [5, 5.41) is 0. The molecule has 0 aromatic rings. The van der Waals surface area contributed by atoms with Gasteiger partial charge >= 0.3 is 19.8 Å². The van der Waals surface area contributed by atoms with Gasteiger partial charge in [0, 0.05) is 12.8 Å². The van der Waals surface area contributed by atoms with E-state index in [2.05, 4.69) is 13.8 Å². The van der Waals surface area contributed by atoms with Crippen molar-refractivity contribution in [1.82, 2.24) is 0 Å². The molecule has 0 aliphatic heterocycles. The van der Waals surface area contributed by atoms with Crippen LogP contribution >= 0.6 is 7.82 Å². The number of unbranched alkanes of at least 4 members (excludes halogenated alkanes) is 24. The van der Waals surface area contributed by atoms with Gasteiger partial charge in [0.1, 0.15) is 6.61 Å². The number of hydrogen-bond donors (Lipinski definition) is 0. The molecular weight excluding hydrogens is 639 g/mol. The highest BCUT2D eigenvalue weighted by molar-refractivity contribution is 7.48. The summed E-state index contributed by atoms with van der Waals surface area (Å²) in [6.07, 6.45) is 32.5. The highest BCUT2D eigenvalue weighted by atomic mass is 31.2. The van der Waals surface area contributed by atoms with E-state index in [1.54, 1.807) is 6.92 Å². The van der Waals surface area contributed by atoms with E-state index in [4.69, 9.17) is 23.0 Å². The number of phosphoric ester groups is 1. The Balaban J connectivity index is 4.36. The Morgan fingerprint density at radius 1 is 0.449 bits per heavy atom. The van der Waals surface area contributed by atoms with Crippen LogP contribution in [-0.2, 0) is 37.2 Å². The monoisotopic (exact) mass is 719 g/mol. The molecule has 292 valence electrons. The van der Waals surface area contributed by atoms with E-state index in [1.165, 1.54) is 128 Å². The Labute approximate surface area is 302 Å². The lowest BCUT2D eigenvalue weighted by Gasteiger charge is -2.22. The van der Waals surface area contributed by atoms with E-state index in [-0.39, 0.29) is 44.8 Å². The van der Waals surface area contributed by atoms with Gasteiger partial charge in [0.15, 0.2) is 6.10 Å². The molecule has 0 aliphatic carbocycles. The predicted molar refractivity (Wildman–Crippen MR) is 203 cm³/mol. The van der Waals surface area contributed by atoms with Crippen LogP contribution in [0.1, 0.15) is 214 Å². The zero-order valence-corrected chi connectivity index (χ0v) is 33.5. The van der Waals surface area contributed by atoms with Gasteiger partial charge in [-0.3, -0.25) is 23.2 Å². The normalized spacial score (nSPS) is 13.3. The third-order valence-electron chi connectivity index (χ3n) is 8.86. The lowest BCUT2D eigenvalue weighted by Crippen LogP contribution is -2.29. The minimum absolute atomic E-state index is 0.151. The Hall–Kier alpha value is -0.950. The molecule has 0 N–H and O–H groups in total. The van der Waals surface area contributed by atoms with E-state index < -0.39 is 13.9 Å². The minimum Gasteiger partial charge on any atom is -0.462 e. The van der Waals surface area contributed by atoms with Crippen molar-refractivity contribution in [1.29, 1.82) is 0 Å². The van der Waals surface area contributed by atoms with Crippen LogP contribution in [-0.4, -0.2) is 44.5 Å². The highest BCUT2D eigenvalue weighted by Gasteiger charge is 2.29. The van der Waals surface area contributed by atoms with Crippen LogP contribution in [0.5, 0.6) is 0 Å². The molecular formula is C40H79O8P. The molecule has 0 amide bonds. The van der Waals surface area contributed by atoms with Gasteiger partial charge in [-0.25, -0.2) is 4.57 Å². The Kier molecular flexibility index (Phi) is 36.1. The molecule has 0 spiro atoms. The molecule has 0 saturated carbocycles. The molecule has 0 bridgehead atoms. The average Bonchev–Trinajstić information content (AvgIpc) is 3.09. The molecule has 0 aliphatic rings. The molecule has 0 heterocycles. The summed E-state index contributed by atoms with van der Waals surface area (Å²) in [6, 6.07) is 0. The van der Waals surface area contributed by atoms with Crippen LogP contribution in [0.15, 0.2) is 0 Å². The van der Waals surface area contributed by atoms with E-state index in [1.807, 2.05) is 6.92 Å². The molecule has 2 atom stereocenters. The summed E-state index contributed by atoms with van der Waals surface area (Å²) < 4.78 is 40.2. The molecule has 0 aromatic heterocycles. The van der Waals surface area contributed by atoms with E-state index in [0.29, 0.717) is 12.8 Å². The van der Waals surface area contributed by atoms with Gasteiger partial charge in [0.05, 0.1) is 19.8 Å². The lowest BCUT2D eigenvalue weighted by molar-refractivity contribution is -0.161. The zero-order chi connectivity index (χ0) is 36.1. The van der Waals surface area contributed by atoms with Crippen LogP contribution in [0.25, 0.3) is 0 Å². The molecule has 49 heavy (non-hydrogen) atoms. The number of carbonyl (C=O) groups is 2. The SMILES string of the molecule is CCCCCCCCCCCCCCCC(=O)OCC(COP(=O)(OCC)OCCC)OC(=O)CCCCCCCCCCCCCCC. The minimum atomic E-state index is -3.81. The maximum atomic E-state index is 12.9. The number of hydrogen-bond acceptors (Lipinski definition) is 8. The van der Waals surface area contributed by atoms with Gasteiger partial charge in [-0.1, -0.05) is 175 Å². The number of carbonyl (C=O) groups excluding carboxylic acids is 2. The summed E-state index contributed by atoms with van der Waals surface area (Å²) in [6.45, 7) is 8.09. The Morgan fingerprint density at radius 2 is 0.837 bits per heavy atom. The maximum Gasteiger partial charge on any atom is 0.474 e. The van der Waals surface area contributed by atoms with Crippen molar-refractivity contribution >= 4 is 19.8 Å². The Bertz CT molecular complexity index is 777. The van der Waals surface area contributed by atoms with Crippen molar-refractivity contribution < 1.29 is 37.2 Å². The van der Waals surface area contributed by atoms with Gasteiger partial charge in [0.25, 0.3) is 0 Å². The first-order chi connectivity index (χ1) is 23.9. The van der Waals surface area contributed by atoms with Crippen molar-refractivity contribution in [2.45, 2.75) is 220 Å². The van der Waals surface area contributed by atoms with Crippen molar-refractivity contribution in [3.05, 3.63) is 0 Å². The second kappa shape index (κ2) is 36.8. The van der Waals surface area contributed by atoms with Crippen LogP contribution in [0.4, 0.5) is 0 Å². The molecule has 0 rings (SSSR count). The Morgan fingerprint density at radius 3 is 1.22 bits per heavy atom. The van der Waals surface area contributed by atoms with Gasteiger partial charge in [-0.2, -0.15) is 0 Å². The molecule has 0 saturated heterocycles. The van der Waals surface area contributed by atoms with Gasteiger partial charge in [-0.15, -0.1) is 0 Å². The summed E-state index contributed by atoms with van der Waals surface area (Å²) in [5.74, 6) is -0.694. The lowest BCUT2D eigenvalue weighted by atomic mass is 10.0. The number of esters is 2. The van der Waals surface area contributed by atoms with Crippen LogP contribution < -0.4 is 0 Å². The van der Waals surface area contributed by atoms with Crippen molar-refractivity contribution in [3.63, 3.8) is 0 Å². The third-order valence-corrected chi connectivity index (χ3v) is 10.4. The third kappa shape index (κ3) is 33.9. The molecule has 0 radical (unpaired) electrons. The largest absolute Gasteiger partial charge is 0.474 e. The fourth-order valence-corrected chi connectivity index (χ4v) is 7.14. The first-order valence-electron chi connectivity index (χ1n) is 20.8. The van der Waals surface area contributed by atoms with Crippen molar-refractivity contribution in [2.75, 3.05) is 26.4 Å². The van der Waals surface area contributed by atoms with E-state index in [0.717, 1.165) is 38.5 Å². The number of phosphoric acid groups is 1. The van der Waals surface area contributed by atoms with E-state index >= 15 is 0 Å². The molecule has 0 fully saturated rings. The van der Waals surface area contributed by atoms with Gasteiger partial charge in [0.2, 0.25) is 0 Å². The molecule has 9 heteroatoms. The standard InChI is InChI=1S/C40H79O8P/c1-5-9-11-13-15-17-19-21-23-25-27-29-31-33-39(41)44-36-38(37-47-49(43,45-8-4)46-35-7-3)48-40(42)34-32-30-28-26-24-22-20-18-16-14-12-10-6-2/h38H,5-37H2,1-4H3. The first-order valence-corrected chi connectivity index (χ1v) is 22.2. The second-order valence-electron chi connectivity index (χ2n) is 13.8. The van der Waals surface area contributed by atoms with Gasteiger partial charge in [-0.05, 0) is 26.2 Å². The summed E-state index contributed by atoms with van der Waals surface area (Å²) in [4.78, 5) is 25.2. The summed E-state index contributed by atoms with van der Waals surface area (Å²) in [7, 11) is -3.81. The average molecular weight is 719 g/mol. The molecule has 2 unspecified atom stereocenters. The summed E-state index contributed by atoms with van der Waals surface area (Å²) >= 11 is 0. The zero-order valence-electron chi connectivity index (χ0n) is 32.6. The van der Waals surface area contributed by atoms with Crippen molar-refractivity contribution in [2.24, 2.45) is 0 Å². The predicted octanol–water partition coefficient (Wildman–Crippen LogP) is 13.0. The van der Waals surface area contributed by atoms with Crippen LogP contribution in [0.2, 0.25) is 0 Å². The fraction of sp³-hybridized carbons (Fsp3) is 0.950. The number of ether oxygens (including phenoxy) is 2. The topological polar surface area (TPSA) is 97.4 Å². The van der Waals surface area contributed by atoms with Gasteiger partial charge < -0.3 is 9.47 Å². The smallest absolute Gasteiger partial charge is 0.462 e. The van der Waals surface area contributed by atoms with Crippen LogP contribution in [0.3, 0.4) is 0 Å². The molecule has 8 nitrogen and oxygen atoms in total. The number of rotatable bonds is 39. The van der Waals surface area contributed by atoms with E-state index in [9.17, 15) is 14.2 Å². The van der Waals surface area contributed by atoms with Crippen LogP contribution in [0, 0.1) is 0 Å². The van der Waals surface area contributed by atoms with Crippen molar-refractivity contribution in [3.8, 4) is 0 Å². The quantitative estimate of drug-likeness (QED) is 0.0352. The highest BCUT2D eigenvalue weighted by Crippen LogP contribution is 2.49.